The highest BCUT2D eigenvalue weighted by molar-refractivity contribution is 5.84. The van der Waals surface area contributed by atoms with Crippen molar-refractivity contribution in [3.63, 3.8) is 0 Å². The average Bonchev–Trinajstić information content (AvgIpc) is 2.10. The number of nitrogens with two attached hydrogens (primary N) is 1. The predicted octanol–water partition coefficient (Wildman–Crippen LogP) is 1.81. The first-order chi connectivity index (χ1) is 6.11. The van der Waals surface area contributed by atoms with Gasteiger partial charge in [0.2, 0.25) is 0 Å². The van der Waals surface area contributed by atoms with Crippen molar-refractivity contribution in [2.24, 2.45) is 16.6 Å². The van der Waals surface area contributed by atoms with Crippen LogP contribution in [0.1, 0.15) is 33.6 Å². The lowest BCUT2D eigenvalue weighted by atomic mass is 10.2. The summed E-state index contributed by atoms with van der Waals surface area (Å²) in [5.41, 5.74) is 5.79. The maximum absolute atomic E-state index is 5.79. The first-order valence-corrected chi connectivity index (χ1v) is 4.94. The van der Waals surface area contributed by atoms with E-state index in [9.17, 15) is 0 Å². The maximum atomic E-state index is 5.79. The van der Waals surface area contributed by atoms with Crippen LogP contribution in [-0.2, 0) is 4.74 Å². The summed E-state index contributed by atoms with van der Waals surface area (Å²) in [5, 5.41) is 0. The Balaban J connectivity index is 4.01. The smallest absolute Gasteiger partial charge is 0.123 e. The van der Waals surface area contributed by atoms with Crippen LogP contribution in [0.3, 0.4) is 0 Å². The lowest BCUT2D eigenvalue weighted by molar-refractivity contribution is 0.146. The Bertz CT molecular complexity index is 155. The minimum Gasteiger partial charge on any atom is -0.385 e. The summed E-state index contributed by atoms with van der Waals surface area (Å²) in [7, 11) is 1.68. The minimum atomic E-state index is 0.00347. The number of hydrogen-bond acceptors (Lipinski definition) is 2. The Hall–Kier alpha value is -0.570. The van der Waals surface area contributed by atoms with E-state index in [0.717, 1.165) is 19.4 Å². The molecule has 0 fully saturated rings. The lowest BCUT2D eigenvalue weighted by Crippen LogP contribution is -2.31. The summed E-state index contributed by atoms with van der Waals surface area (Å²) in [6, 6.07) is 0. The molecule has 0 bridgehead atoms. The van der Waals surface area contributed by atoms with E-state index in [1.54, 1.807) is 7.11 Å². The third-order valence-electron chi connectivity index (χ3n) is 1.80. The maximum Gasteiger partial charge on any atom is 0.123 e. The Morgan fingerprint density at radius 2 is 2.08 bits per heavy atom. The molecule has 0 radical (unpaired) electrons. The second-order valence-electron chi connectivity index (χ2n) is 3.67. The molecule has 0 aromatic carbocycles. The van der Waals surface area contributed by atoms with Crippen molar-refractivity contribution >= 4 is 5.84 Å². The quantitative estimate of drug-likeness (QED) is 0.508. The number of amidine groups is 1. The number of rotatable bonds is 6. The molecule has 3 nitrogen and oxygen atoms in total. The van der Waals surface area contributed by atoms with Crippen molar-refractivity contribution in [2.75, 3.05) is 13.7 Å². The molecule has 13 heavy (non-hydrogen) atoms. The number of methoxy groups -OCH3 is 1. The summed E-state index contributed by atoms with van der Waals surface area (Å²) in [5.74, 6) is 1.19. The number of aliphatic imine (C=N–C) groups is 1. The van der Waals surface area contributed by atoms with Crippen LogP contribution in [0, 0.1) is 5.92 Å². The van der Waals surface area contributed by atoms with Crippen LogP contribution in [0.2, 0.25) is 0 Å². The van der Waals surface area contributed by atoms with E-state index >= 15 is 0 Å². The van der Waals surface area contributed by atoms with E-state index in [1.165, 1.54) is 0 Å². The molecule has 0 saturated heterocycles. The minimum absolute atomic E-state index is 0.00347. The standard InChI is InChI=1S/C10H22N2O/c1-5-6-9(13-4)10(11)12-7-8(2)3/h8-9H,5-7H2,1-4H3,(H2,11,12). The van der Waals surface area contributed by atoms with Gasteiger partial charge in [0.15, 0.2) is 0 Å². The van der Waals surface area contributed by atoms with Crippen molar-refractivity contribution in [2.45, 2.75) is 39.7 Å². The highest BCUT2D eigenvalue weighted by atomic mass is 16.5. The average molecular weight is 186 g/mol. The van der Waals surface area contributed by atoms with E-state index in [4.69, 9.17) is 10.5 Å². The van der Waals surface area contributed by atoms with Crippen LogP contribution in [0.5, 0.6) is 0 Å². The van der Waals surface area contributed by atoms with Crippen LogP contribution in [0.15, 0.2) is 4.99 Å². The summed E-state index contributed by atoms with van der Waals surface area (Å²) in [4.78, 5) is 4.28. The normalized spacial score (nSPS) is 15.0. The molecule has 0 rings (SSSR count). The molecule has 0 aliphatic carbocycles. The summed E-state index contributed by atoms with van der Waals surface area (Å²) in [6.45, 7) is 7.15. The molecule has 0 aromatic heterocycles. The monoisotopic (exact) mass is 186 g/mol. The van der Waals surface area contributed by atoms with Gasteiger partial charge in [0.25, 0.3) is 0 Å². The number of nitrogens with zero attached hydrogens (tertiary/aromatic N) is 1. The SMILES string of the molecule is CCCC(OC)C(N)=NCC(C)C. The zero-order valence-corrected chi connectivity index (χ0v) is 9.21. The first kappa shape index (κ1) is 12.4. The molecule has 1 unspecified atom stereocenters. The number of ether oxygens (including phenoxy) is 1. The second kappa shape index (κ2) is 6.89. The van der Waals surface area contributed by atoms with Crippen LogP contribution < -0.4 is 5.73 Å². The third kappa shape index (κ3) is 5.64. The fraction of sp³-hybridized carbons (Fsp3) is 0.900. The van der Waals surface area contributed by atoms with Crippen molar-refractivity contribution in [3.05, 3.63) is 0 Å². The Morgan fingerprint density at radius 1 is 1.46 bits per heavy atom. The van der Waals surface area contributed by atoms with Crippen molar-refractivity contribution in [1.82, 2.24) is 0 Å². The van der Waals surface area contributed by atoms with Gasteiger partial charge in [-0.15, -0.1) is 0 Å². The fourth-order valence-electron chi connectivity index (χ4n) is 1.04. The van der Waals surface area contributed by atoms with Gasteiger partial charge in [0.1, 0.15) is 11.9 Å². The fourth-order valence-corrected chi connectivity index (χ4v) is 1.04. The predicted molar refractivity (Wildman–Crippen MR) is 57.0 cm³/mol. The van der Waals surface area contributed by atoms with Crippen LogP contribution in [0.25, 0.3) is 0 Å². The van der Waals surface area contributed by atoms with Crippen molar-refractivity contribution in [1.29, 1.82) is 0 Å². The largest absolute Gasteiger partial charge is 0.385 e. The van der Waals surface area contributed by atoms with Crippen LogP contribution in [0.4, 0.5) is 0 Å². The van der Waals surface area contributed by atoms with E-state index < -0.39 is 0 Å². The second-order valence-corrected chi connectivity index (χ2v) is 3.67. The molecular weight excluding hydrogens is 164 g/mol. The first-order valence-electron chi connectivity index (χ1n) is 4.94. The Kier molecular flexibility index (Phi) is 6.59. The topological polar surface area (TPSA) is 47.6 Å². The molecule has 0 aliphatic heterocycles. The lowest BCUT2D eigenvalue weighted by Gasteiger charge is -2.13. The zero-order chi connectivity index (χ0) is 10.3. The highest BCUT2D eigenvalue weighted by Crippen LogP contribution is 2.02. The molecule has 78 valence electrons. The van der Waals surface area contributed by atoms with Gasteiger partial charge in [-0.2, -0.15) is 0 Å². The van der Waals surface area contributed by atoms with Gasteiger partial charge in [-0.3, -0.25) is 4.99 Å². The summed E-state index contributed by atoms with van der Waals surface area (Å²) >= 11 is 0. The van der Waals surface area contributed by atoms with Crippen molar-refractivity contribution in [3.8, 4) is 0 Å². The molecule has 3 heteroatoms. The molecule has 0 spiro atoms. The van der Waals surface area contributed by atoms with Crippen LogP contribution in [-0.4, -0.2) is 25.6 Å². The Labute approximate surface area is 81.4 Å². The van der Waals surface area contributed by atoms with Gasteiger partial charge in [-0.05, 0) is 12.3 Å². The van der Waals surface area contributed by atoms with E-state index in [0.29, 0.717) is 11.8 Å². The van der Waals surface area contributed by atoms with E-state index in [2.05, 4.69) is 25.8 Å². The van der Waals surface area contributed by atoms with Gasteiger partial charge in [0.05, 0.1) is 0 Å². The third-order valence-corrected chi connectivity index (χ3v) is 1.80. The summed E-state index contributed by atoms with van der Waals surface area (Å²) < 4.78 is 5.23. The van der Waals surface area contributed by atoms with Gasteiger partial charge < -0.3 is 10.5 Å². The van der Waals surface area contributed by atoms with Gasteiger partial charge in [0, 0.05) is 13.7 Å². The molecule has 1 atom stereocenters. The molecule has 2 N–H and O–H groups in total. The molecule has 0 amide bonds. The van der Waals surface area contributed by atoms with Gasteiger partial charge in [-0.1, -0.05) is 27.2 Å². The van der Waals surface area contributed by atoms with Crippen LogP contribution >= 0.6 is 0 Å². The van der Waals surface area contributed by atoms with Gasteiger partial charge in [-0.25, -0.2) is 0 Å². The van der Waals surface area contributed by atoms with Gasteiger partial charge >= 0.3 is 0 Å². The number of hydrogen-bond donors (Lipinski definition) is 1. The zero-order valence-electron chi connectivity index (χ0n) is 9.21. The summed E-state index contributed by atoms with van der Waals surface area (Å²) in [6.07, 6.45) is 2.02. The highest BCUT2D eigenvalue weighted by Gasteiger charge is 2.10. The Morgan fingerprint density at radius 3 is 2.46 bits per heavy atom. The van der Waals surface area contributed by atoms with E-state index in [1.807, 2.05) is 0 Å². The molecule has 0 saturated carbocycles. The molecular formula is C10H22N2O. The molecule has 0 aromatic rings. The van der Waals surface area contributed by atoms with E-state index in [-0.39, 0.29) is 6.10 Å². The molecule has 0 aliphatic rings. The van der Waals surface area contributed by atoms with Crippen molar-refractivity contribution < 1.29 is 4.74 Å². The molecule has 0 heterocycles.